The van der Waals surface area contributed by atoms with Crippen LogP contribution in [0.2, 0.25) is 0 Å². The maximum Gasteiger partial charge on any atom is 0.0407 e. The molecule has 0 saturated heterocycles. The van der Waals surface area contributed by atoms with E-state index in [0.717, 1.165) is 6.42 Å². The van der Waals surface area contributed by atoms with Crippen LogP contribution in [0.3, 0.4) is 0 Å². The number of hydrogen-bond acceptors (Lipinski definition) is 2. The van der Waals surface area contributed by atoms with Crippen molar-refractivity contribution < 1.29 is 0 Å². The first kappa shape index (κ1) is 9.53. The van der Waals surface area contributed by atoms with E-state index in [0.29, 0.717) is 5.92 Å². The van der Waals surface area contributed by atoms with Gasteiger partial charge in [-0.3, -0.25) is 4.98 Å². The molecule has 1 atom stereocenters. The van der Waals surface area contributed by atoms with Gasteiger partial charge in [-0.1, -0.05) is 36.9 Å². The minimum absolute atomic E-state index is 0.688. The topological polar surface area (TPSA) is 12.9 Å². The molecule has 1 unspecified atom stereocenters. The number of aromatic nitrogens is 1. The van der Waals surface area contributed by atoms with Crippen LogP contribution in [0.15, 0.2) is 52.6 Å². The van der Waals surface area contributed by atoms with Crippen molar-refractivity contribution >= 4 is 11.8 Å². The molecule has 0 saturated carbocycles. The molecule has 0 bridgehead atoms. The molecule has 72 valence electrons. The van der Waals surface area contributed by atoms with Crippen LogP contribution in [0, 0.1) is 5.92 Å². The molecule has 0 aliphatic heterocycles. The summed E-state index contributed by atoms with van der Waals surface area (Å²) in [5.74, 6) is 0.688. The van der Waals surface area contributed by atoms with Crippen molar-refractivity contribution in [3.05, 3.63) is 47.7 Å². The first-order chi connectivity index (χ1) is 6.84. The third kappa shape index (κ3) is 2.48. The van der Waals surface area contributed by atoms with Crippen LogP contribution in [0.25, 0.3) is 0 Å². The Morgan fingerprint density at radius 1 is 1.50 bits per heavy atom. The Morgan fingerprint density at radius 3 is 3.07 bits per heavy atom. The Labute approximate surface area is 88.9 Å². The zero-order chi connectivity index (χ0) is 9.80. The second kappa shape index (κ2) is 4.47. The molecule has 0 spiro atoms. The van der Waals surface area contributed by atoms with Crippen molar-refractivity contribution in [1.29, 1.82) is 0 Å². The van der Waals surface area contributed by atoms with Crippen molar-refractivity contribution in [2.45, 2.75) is 18.2 Å². The summed E-state index contributed by atoms with van der Waals surface area (Å²) < 4.78 is 0. The molecule has 1 aliphatic rings. The van der Waals surface area contributed by atoms with Crippen molar-refractivity contribution in [1.82, 2.24) is 4.98 Å². The van der Waals surface area contributed by atoms with Crippen LogP contribution >= 0.6 is 11.8 Å². The van der Waals surface area contributed by atoms with E-state index in [4.69, 9.17) is 0 Å². The van der Waals surface area contributed by atoms with Crippen molar-refractivity contribution in [3.63, 3.8) is 0 Å². The van der Waals surface area contributed by atoms with E-state index in [1.54, 1.807) is 18.0 Å². The summed E-state index contributed by atoms with van der Waals surface area (Å²) in [6.07, 6.45) is 11.6. The number of allylic oxidation sites excluding steroid dienone is 3. The molecule has 1 aromatic heterocycles. The second-order valence-electron chi connectivity index (χ2n) is 3.47. The van der Waals surface area contributed by atoms with Crippen LogP contribution < -0.4 is 0 Å². The molecule has 0 amide bonds. The SMILES string of the molecule is CC1C=CC(Sc2cccnc2)=CC1. The van der Waals surface area contributed by atoms with Gasteiger partial charge in [0.2, 0.25) is 0 Å². The summed E-state index contributed by atoms with van der Waals surface area (Å²) >= 11 is 1.78. The predicted molar refractivity (Wildman–Crippen MR) is 61.1 cm³/mol. The number of pyridine rings is 1. The van der Waals surface area contributed by atoms with Crippen LogP contribution in [0.1, 0.15) is 13.3 Å². The van der Waals surface area contributed by atoms with Gasteiger partial charge in [-0.2, -0.15) is 0 Å². The van der Waals surface area contributed by atoms with Gasteiger partial charge >= 0.3 is 0 Å². The van der Waals surface area contributed by atoms with E-state index < -0.39 is 0 Å². The van der Waals surface area contributed by atoms with E-state index in [9.17, 15) is 0 Å². The fourth-order valence-corrected chi connectivity index (χ4v) is 2.19. The van der Waals surface area contributed by atoms with E-state index in [1.165, 1.54) is 9.80 Å². The minimum Gasteiger partial charge on any atom is -0.264 e. The van der Waals surface area contributed by atoms with Gasteiger partial charge in [0, 0.05) is 22.2 Å². The van der Waals surface area contributed by atoms with Crippen molar-refractivity contribution in [2.24, 2.45) is 5.92 Å². The Morgan fingerprint density at radius 2 is 2.43 bits per heavy atom. The van der Waals surface area contributed by atoms with Crippen LogP contribution in [0.5, 0.6) is 0 Å². The normalized spacial score (nSPS) is 20.6. The smallest absolute Gasteiger partial charge is 0.0407 e. The second-order valence-corrected chi connectivity index (χ2v) is 4.62. The Hall–Kier alpha value is -1.02. The highest BCUT2D eigenvalue weighted by Crippen LogP contribution is 2.30. The summed E-state index contributed by atoms with van der Waals surface area (Å²) in [7, 11) is 0. The lowest BCUT2D eigenvalue weighted by molar-refractivity contribution is 0.735. The molecular formula is C12H13NS. The lowest BCUT2D eigenvalue weighted by atomic mass is 10.0. The fraction of sp³-hybridized carbons (Fsp3) is 0.250. The van der Waals surface area contributed by atoms with Gasteiger partial charge in [0.05, 0.1) is 0 Å². The van der Waals surface area contributed by atoms with Crippen molar-refractivity contribution in [2.75, 3.05) is 0 Å². The number of thioether (sulfide) groups is 1. The van der Waals surface area contributed by atoms with E-state index in [2.05, 4.69) is 36.2 Å². The highest BCUT2D eigenvalue weighted by molar-refractivity contribution is 8.03. The van der Waals surface area contributed by atoms with Crippen LogP contribution in [-0.2, 0) is 0 Å². The third-order valence-electron chi connectivity index (χ3n) is 2.15. The quantitative estimate of drug-likeness (QED) is 0.727. The zero-order valence-corrected chi connectivity index (χ0v) is 9.00. The molecule has 0 fully saturated rings. The largest absolute Gasteiger partial charge is 0.264 e. The number of hydrogen-bond donors (Lipinski definition) is 0. The lowest BCUT2D eigenvalue weighted by Crippen LogP contribution is -1.92. The summed E-state index contributed by atoms with van der Waals surface area (Å²) in [5.41, 5.74) is 0. The molecule has 1 heterocycles. The van der Waals surface area contributed by atoms with Gasteiger partial charge in [0.25, 0.3) is 0 Å². The van der Waals surface area contributed by atoms with E-state index in [1.807, 2.05) is 12.3 Å². The van der Waals surface area contributed by atoms with E-state index in [-0.39, 0.29) is 0 Å². The van der Waals surface area contributed by atoms with Crippen molar-refractivity contribution in [3.8, 4) is 0 Å². The molecule has 1 aliphatic carbocycles. The summed E-state index contributed by atoms with van der Waals surface area (Å²) in [6.45, 7) is 2.23. The molecule has 0 aromatic carbocycles. The monoisotopic (exact) mass is 203 g/mol. The van der Waals surface area contributed by atoms with Crippen LogP contribution in [-0.4, -0.2) is 4.98 Å². The molecule has 2 rings (SSSR count). The number of nitrogens with zero attached hydrogens (tertiary/aromatic N) is 1. The average molecular weight is 203 g/mol. The molecule has 2 heteroatoms. The van der Waals surface area contributed by atoms with Gasteiger partial charge in [0.1, 0.15) is 0 Å². The standard InChI is InChI=1S/C12H13NS/c1-10-4-6-11(7-5-10)14-12-3-2-8-13-9-12/h2-4,6-10H,5H2,1H3. The molecular weight excluding hydrogens is 190 g/mol. The zero-order valence-electron chi connectivity index (χ0n) is 8.18. The Kier molecular flexibility index (Phi) is 3.04. The first-order valence-electron chi connectivity index (χ1n) is 4.81. The highest BCUT2D eigenvalue weighted by atomic mass is 32.2. The molecule has 0 N–H and O–H groups in total. The van der Waals surface area contributed by atoms with Gasteiger partial charge in [-0.05, 0) is 24.5 Å². The van der Waals surface area contributed by atoms with E-state index >= 15 is 0 Å². The minimum atomic E-state index is 0.688. The van der Waals surface area contributed by atoms with Gasteiger partial charge in [-0.15, -0.1) is 0 Å². The number of rotatable bonds is 2. The molecule has 14 heavy (non-hydrogen) atoms. The highest BCUT2D eigenvalue weighted by Gasteiger charge is 2.04. The van der Waals surface area contributed by atoms with Crippen LogP contribution in [0.4, 0.5) is 0 Å². The first-order valence-corrected chi connectivity index (χ1v) is 5.62. The summed E-state index contributed by atoms with van der Waals surface area (Å²) in [5, 5.41) is 0. The molecule has 1 nitrogen and oxygen atoms in total. The van der Waals surface area contributed by atoms with Gasteiger partial charge < -0.3 is 0 Å². The summed E-state index contributed by atoms with van der Waals surface area (Å²) in [4.78, 5) is 6.63. The Bertz CT molecular complexity index is 354. The van der Waals surface area contributed by atoms with Gasteiger partial charge in [-0.25, -0.2) is 0 Å². The molecule has 0 radical (unpaired) electrons. The van der Waals surface area contributed by atoms with Gasteiger partial charge in [0.15, 0.2) is 0 Å². The summed E-state index contributed by atoms with van der Waals surface area (Å²) in [6, 6.07) is 4.06. The fourth-order valence-electron chi connectivity index (χ4n) is 1.33. The third-order valence-corrected chi connectivity index (χ3v) is 3.17. The molecule has 1 aromatic rings. The maximum atomic E-state index is 4.09. The lowest BCUT2D eigenvalue weighted by Gasteiger charge is -2.10. The maximum absolute atomic E-state index is 4.09. The average Bonchev–Trinajstić information content (AvgIpc) is 2.23. The predicted octanol–water partition coefficient (Wildman–Crippen LogP) is 3.65. The Balaban J connectivity index is 2.03.